The lowest BCUT2D eigenvalue weighted by atomic mass is 9.95. The lowest BCUT2D eigenvalue weighted by molar-refractivity contribution is 0.230. The Morgan fingerprint density at radius 3 is 2.41 bits per heavy atom. The van der Waals surface area contributed by atoms with Gasteiger partial charge in [0.2, 0.25) is 0 Å². The van der Waals surface area contributed by atoms with Gasteiger partial charge in [0.05, 0.1) is 29.2 Å². The van der Waals surface area contributed by atoms with Crippen LogP contribution < -0.4 is 16.6 Å². The van der Waals surface area contributed by atoms with Crippen LogP contribution in [0, 0.1) is 5.82 Å². The number of aliphatic hydroxyl groups excluding tert-OH is 1. The molecule has 2 aromatic rings. The maximum absolute atomic E-state index is 14.9. The van der Waals surface area contributed by atoms with E-state index in [-0.39, 0.29) is 24.1 Å². The smallest absolute Gasteiger partial charge is 0.332 e. The van der Waals surface area contributed by atoms with E-state index in [1.807, 2.05) is 0 Å². The molecule has 1 atom stereocenters. The maximum Gasteiger partial charge on any atom is 0.332 e. The lowest BCUT2D eigenvalue weighted by Gasteiger charge is -2.25. The molecule has 1 aromatic heterocycles. The number of benzene rings is 1. The van der Waals surface area contributed by atoms with Gasteiger partial charge in [0.1, 0.15) is 5.82 Å². The molecule has 0 spiro atoms. The second-order valence-corrected chi connectivity index (χ2v) is 8.63. The van der Waals surface area contributed by atoms with Crippen LogP contribution in [-0.2, 0) is 0 Å². The molecule has 2 N–H and O–H groups in total. The first-order chi connectivity index (χ1) is 14.0. The summed E-state index contributed by atoms with van der Waals surface area (Å²) in [5.74, 6) is -0.472. The summed E-state index contributed by atoms with van der Waals surface area (Å²) in [6.45, 7) is 1.30. The third-order valence-electron chi connectivity index (χ3n) is 6.57. The monoisotopic (exact) mass is 403 g/mol. The summed E-state index contributed by atoms with van der Waals surface area (Å²) in [7, 11) is 0. The summed E-state index contributed by atoms with van der Waals surface area (Å²) in [6, 6.07) is 2.46. The van der Waals surface area contributed by atoms with Crippen molar-refractivity contribution in [1.29, 1.82) is 0 Å². The molecule has 0 bridgehead atoms. The van der Waals surface area contributed by atoms with Crippen LogP contribution in [0.3, 0.4) is 0 Å². The molecule has 2 aliphatic carbocycles. The highest BCUT2D eigenvalue weighted by Crippen LogP contribution is 2.32. The number of hydrogen-bond acceptors (Lipinski definition) is 4. The SMILES string of the molecule is C[C@@H](CO)n1c(=O)c2cc(F)c(NC3CCCCC3)cc2n(C2CCCC2)c1=O. The molecule has 29 heavy (non-hydrogen) atoms. The normalized spacial score (nSPS) is 19.7. The molecule has 2 saturated carbocycles. The third-order valence-corrected chi connectivity index (χ3v) is 6.57. The van der Waals surface area contributed by atoms with Crippen LogP contribution in [0.5, 0.6) is 0 Å². The van der Waals surface area contributed by atoms with Gasteiger partial charge in [-0.2, -0.15) is 0 Å². The molecule has 0 unspecified atom stereocenters. The van der Waals surface area contributed by atoms with Crippen molar-refractivity contribution in [2.45, 2.75) is 82.8 Å². The fraction of sp³-hybridized carbons (Fsp3) is 0.636. The van der Waals surface area contributed by atoms with E-state index in [2.05, 4.69) is 5.32 Å². The Morgan fingerprint density at radius 2 is 1.76 bits per heavy atom. The van der Waals surface area contributed by atoms with E-state index in [1.165, 1.54) is 12.5 Å². The van der Waals surface area contributed by atoms with Crippen molar-refractivity contribution < 1.29 is 9.50 Å². The Morgan fingerprint density at radius 1 is 1.10 bits per heavy atom. The van der Waals surface area contributed by atoms with E-state index < -0.39 is 23.1 Å². The molecule has 2 aliphatic rings. The molecule has 1 aromatic carbocycles. The highest BCUT2D eigenvalue weighted by atomic mass is 19.1. The highest BCUT2D eigenvalue weighted by Gasteiger charge is 2.26. The van der Waals surface area contributed by atoms with Gasteiger partial charge in [-0.1, -0.05) is 32.1 Å². The standard InChI is InChI=1S/C22H30FN3O3/c1-14(13-27)25-21(28)17-11-18(23)19(24-15-7-3-2-4-8-15)12-20(17)26(22(25)29)16-9-5-6-10-16/h11-12,14-16,24,27H,2-10,13H2,1H3/t14-/m0/s1. The molecular weight excluding hydrogens is 373 g/mol. The van der Waals surface area contributed by atoms with Crippen molar-refractivity contribution >= 4 is 16.6 Å². The Labute approximate surface area is 169 Å². The van der Waals surface area contributed by atoms with Crippen molar-refractivity contribution in [3.8, 4) is 0 Å². The zero-order chi connectivity index (χ0) is 20.5. The van der Waals surface area contributed by atoms with E-state index in [4.69, 9.17) is 0 Å². The van der Waals surface area contributed by atoms with Crippen LogP contribution in [0.25, 0.3) is 10.9 Å². The fourth-order valence-electron chi connectivity index (χ4n) is 4.93. The zero-order valence-electron chi connectivity index (χ0n) is 17.0. The molecule has 1 heterocycles. The topological polar surface area (TPSA) is 76.3 Å². The largest absolute Gasteiger partial charge is 0.394 e. The number of hydrogen-bond donors (Lipinski definition) is 2. The van der Waals surface area contributed by atoms with Gasteiger partial charge in [-0.05, 0) is 44.7 Å². The minimum atomic E-state index is -0.657. The summed E-state index contributed by atoms with van der Waals surface area (Å²) in [5.41, 5.74) is -0.0917. The Kier molecular flexibility index (Phi) is 5.76. The van der Waals surface area contributed by atoms with Gasteiger partial charge in [0.15, 0.2) is 0 Å². The molecule has 0 aliphatic heterocycles. The van der Waals surface area contributed by atoms with E-state index in [1.54, 1.807) is 17.6 Å². The summed E-state index contributed by atoms with van der Waals surface area (Å²) in [4.78, 5) is 26.3. The van der Waals surface area contributed by atoms with Gasteiger partial charge in [-0.25, -0.2) is 9.18 Å². The van der Waals surface area contributed by atoms with Gasteiger partial charge in [-0.15, -0.1) is 0 Å². The van der Waals surface area contributed by atoms with Crippen LogP contribution >= 0.6 is 0 Å². The minimum Gasteiger partial charge on any atom is -0.394 e. The third kappa shape index (κ3) is 3.72. The van der Waals surface area contributed by atoms with Crippen molar-refractivity contribution in [3.63, 3.8) is 0 Å². The van der Waals surface area contributed by atoms with Crippen LogP contribution in [0.15, 0.2) is 21.7 Å². The number of nitrogens with zero attached hydrogens (tertiary/aromatic N) is 2. The van der Waals surface area contributed by atoms with Gasteiger partial charge in [-0.3, -0.25) is 13.9 Å². The highest BCUT2D eigenvalue weighted by molar-refractivity contribution is 5.82. The summed E-state index contributed by atoms with van der Waals surface area (Å²) in [5, 5.41) is 13.1. The van der Waals surface area contributed by atoms with E-state index in [0.717, 1.165) is 55.9 Å². The Bertz CT molecular complexity index is 1000. The van der Waals surface area contributed by atoms with Gasteiger partial charge < -0.3 is 10.4 Å². The first-order valence-electron chi connectivity index (χ1n) is 10.9. The van der Waals surface area contributed by atoms with E-state index in [0.29, 0.717) is 11.2 Å². The van der Waals surface area contributed by atoms with Crippen molar-refractivity contribution in [2.24, 2.45) is 0 Å². The van der Waals surface area contributed by atoms with Gasteiger partial charge >= 0.3 is 5.69 Å². The fourth-order valence-corrected chi connectivity index (χ4v) is 4.93. The Balaban J connectivity index is 1.90. The van der Waals surface area contributed by atoms with Crippen LogP contribution in [-0.4, -0.2) is 26.9 Å². The van der Waals surface area contributed by atoms with Crippen LogP contribution in [0.2, 0.25) is 0 Å². The zero-order valence-corrected chi connectivity index (χ0v) is 17.0. The van der Waals surface area contributed by atoms with Crippen molar-refractivity contribution in [1.82, 2.24) is 9.13 Å². The number of aromatic nitrogens is 2. The van der Waals surface area contributed by atoms with Crippen LogP contribution in [0.1, 0.15) is 76.8 Å². The minimum absolute atomic E-state index is 0.00395. The van der Waals surface area contributed by atoms with Gasteiger partial charge in [0.25, 0.3) is 5.56 Å². The number of fused-ring (bicyclic) bond motifs is 1. The predicted octanol–water partition coefficient (Wildman–Crippen LogP) is 3.72. The second kappa shape index (κ2) is 8.30. The van der Waals surface area contributed by atoms with E-state index in [9.17, 15) is 19.1 Å². The maximum atomic E-state index is 14.9. The summed E-state index contributed by atoms with van der Waals surface area (Å²) >= 11 is 0. The van der Waals surface area contributed by atoms with Crippen LogP contribution in [0.4, 0.5) is 10.1 Å². The first kappa shape index (κ1) is 20.1. The molecule has 0 saturated heterocycles. The second-order valence-electron chi connectivity index (χ2n) is 8.63. The summed E-state index contributed by atoms with van der Waals surface area (Å²) < 4.78 is 17.7. The molecule has 7 heteroatoms. The number of aliphatic hydroxyl groups is 1. The predicted molar refractivity (Wildman–Crippen MR) is 112 cm³/mol. The molecule has 0 amide bonds. The molecule has 0 radical (unpaired) electrons. The number of anilines is 1. The first-order valence-corrected chi connectivity index (χ1v) is 10.9. The van der Waals surface area contributed by atoms with Crippen molar-refractivity contribution in [2.75, 3.05) is 11.9 Å². The lowest BCUT2D eigenvalue weighted by Crippen LogP contribution is -2.43. The number of halogens is 1. The Hall–Kier alpha value is -2.15. The average molecular weight is 403 g/mol. The molecule has 2 fully saturated rings. The average Bonchev–Trinajstić information content (AvgIpc) is 3.24. The number of rotatable bonds is 5. The van der Waals surface area contributed by atoms with Crippen molar-refractivity contribution in [3.05, 3.63) is 38.8 Å². The summed E-state index contributed by atoms with van der Waals surface area (Å²) in [6.07, 6.45) is 9.26. The number of nitrogens with one attached hydrogen (secondary N) is 1. The quantitative estimate of drug-likeness (QED) is 0.798. The molecule has 158 valence electrons. The van der Waals surface area contributed by atoms with Gasteiger partial charge in [0, 0.05) is 12.1 Å². The molecular formula is C22H30FN3O3. The molecule has 4 rings (SSSR count). The van der Waals surface area contributed by atoms with E-state index >= 15 is 0 Å². The molecule has 6 nitrogen and oxygen atoms in total.